The summed E-state index contributed by atoms with van der Waals surface area (Å²) in [4.78, 5) is 29.1. The number of carbonyl (C=O) groups is 2. The molecule has 0 aromatic carbocycles. The zero-order chi connectivity index (χ0) is 18.5. The normalized spacial score (nSPS) is 26.2. The quantitative estimate of drug-likeness (QED) is 0.855. The number of hydrogen-bond donors (Lipinski definition) is 2. The lowest BCUT2D eigenvalue weighted by Gasteiger charge is -2.35. The molecule has 1 aromatic heterocycles. The van der Waals surface area contributed by atoms with E-state index in [9.17, 15) is 14.0 Å². The Hall–Kier alpha value is -2.38. The fourth-order valence-electron chi connectivity index (χ4n) is 3.59. The van der Waals surface area contributed by atoms with E-state index < -0.39 is 11.8 Å². The second kappa shape index (κ2) is 8.33. The molecule has 7 nitrogen and oxygen atoms in total. The number of aliphatic carboxylic acids is 1. The first-order valence-corrected chi connectivity index (χ1v) is 9.08. The van der Waals surface area contributed by atoms with E-state index in [0.717, 1.165) is 12.8 Å². The summed E-state index contributed by atoms with van der Waals surface area (Å²) in [6.45, 7) is 1.01. The van der Waals surface area contributed by atoms with Crippen molar-refractivity contribution in [2.75, 3.05) is 13.1 Å². The fourth-order valence-corrected chi connectivity index (χ4v) is 3.59. The Morgan fingerprint density at radius 2 is 2.04 bits per heavy atom. The number of amides is 2. The Morgan fingerprint density at radius 1 is 1.27 bits per heavy atom. The van der Waals surface area contributed by atoms with Gasteiger partial charge in [-0.3, -0.25) is 4.79 Å². The van der Waals surface area contributed by atoms with Crippen molar-refractivity contribution in [2.45, 2.75) is 50.7 Å². The van der Waals surface area contributed by atoms with Gasteiger partial charge in [0.15, 0.2) is 5.82 Å². The van der Waals surface area contributed by atoms with Crippen LogP contribution in [0, 0.1) is 11.7 Å². The van der Waals surface area contributed by atoms with Gasteiger partial charge in [-0.1, -0.05) is 0 Å². The smallest absolute Gasteiger partial charge is 0.317 e. The number of carbonyl (C=O) groups excluding carboxylic acids is 1. The van der Waals surface area contributed by atoms with Crippen molar-refractivity contribution in [1.29, 1.82) is 0 Å². The summed E-state index contributed by atoms with van der Waals surface area (Å²) in [5.74, 6) is -1.60. The second-order valence-electron chi connectivity index (χ2n) is 6.95. The highest BCUT2D eigenvalue weighted by molar-refractivity contribution is 5.75. The molecule has 2 fully saturated rings. The number of nitrogens with zero attached hydrogens (tertiary/aromatic N) is 2. The molecular weight excluding hydrogens is 341 g/mol. The summed E-state index contributed by atoms with van der Waals surface area (Å²) in [7, 11) is 0. The molecule has 2 amide bonds. The molecular formula is C18H24FN3O4. The second-order valence-corrected chi connectivity index (χ2v) is 6.95. The lowest BCUT2D eigenvalue weighted by molar-refractivity contribution is -0.142. The third kappa shape index (κ3) is 4.62. The number of urea groups is 1. The number of ether oxygens (including phenoxy) is 1. The summed E-state index contributed by atoms with van der Waals surface area (Å²) in [6, 6.07) is 2.64. The maximum Gasteiger partial charge on any atom is 0.317 e. The number of carboxylic acid groups (broad SMARTS) is 1. The summed E-state index contributed by atoms with van der Waals surface area (Å²) < 4.78 is 19.3. The van der Waals surface area contributed by atoms with Gasteiger partial charge in [0.2, 0.25) is 0 Å². The number of pyridine rings is 1. The molecule has 1 aliphatic carbocycles. The molecule has 1 aromatic rings. The monoisotopic (exact) mass is 365 g/mol. The van der Waals surface area contributed by atoms with E-state index in [1.165, 1.54) is 18.3 Å². The number of aromatic nitrogens is 1. The Morgan fingerprint density at radius 3 is 2.73 bits per heavy atom. The minimum Gasteiger partial charge on any atom is -0.481 e. The Kier molecular flexibility index (Phi) is 5.90. The van der Waals surface area contributed by atoms with Gasteiger partial charge in [-0.2, -0.15) is 0 Å². The van der Waals surface area contributed by atoms with E-state index in [0.29, 0.717) is 38.8 Å². The average Bonchev–Trinajstić information content (AvgIpc) is 2.64. The van der Waals surface area contributed by atoms with Gasteiger partial charge in [0.1, 0.15) is 6.10 Å². The SMILES string of the molecule is O=C(O)C1CCC(NC(=O)N2CCCC(Oc3ncccc3F)C2)CC1. The first-order valence-electron chi connectivity index (χ1n) is 9.08. The largest absolute Gasteiger partial charge is 0.481 e. The van der Waals surface area contributed by atoms with E-state index in [1.807, 2.05) is 0 Å². The Bertz CT molecular complexity index is 649. The molecule has 2 N–H and O–H groups in total. The number of carboxylic acids is 1. The zero-order valence-electron chi connectivity index (χ0n) is 14.6. The highest BCUT2D eigenvalue weighted by atomic mass is 19.1. The molecule has 1 saturated heterocycles. The van der Waals surface area contributed by atoms with E-state index in [2.05, 4.69) is 10.3 Å². The van der Waals surface area contributed by atoms with E-state index >= 15 is 0 Å². The molecule has 0 radical (unpaired) electrons. The van der Waals surface area contributed by atoms with E-state index in [1.54, 1.807) is 4.90 Å². The van der Waals surface area contributed by atoms with Crippen molar-refractivity contribution in [1.82, 2.24) is 15.2 Å². The molecule has 1 atom stereocenters. The number of rotatable bonds is 4. The van der Waals surface area contributed by atoms with Crippen molar-refractivity contribution < 1.29 is 23.8 Å². The molecule has 1 unspecified atom stereocenters. The van der Waals surface area contributed by atoms with Crippen molar-refractivity contribution in [3.63, 3.8) is 0 Å². The Labute approximate surface area is 151 Å². The van der Waals surface area contributed by atoms with Gasteiger partial charge in [0, 0.05) is 18.8 Å². The van der Waals surface area contributed by atoms with Gasteiger partial charge in [-0.25, -0.2) is 14.2 Å². The Balaban J connectivity index is 1.49. The third-order valence-electron chi connectivity index (χ3n) is 5.07. The molecule has 142 valence electrons. The minimum absolute atomic E-state index is 0.00706. The highest BCUT2D eigenvalue weighted by Crippen LogP contribution is 2.25. The lowest BCUT2D eigenvalue weighted by Crippen LogP contribution is -2.51. The number of likely N-dealkylation sites (tertiary alicyclic amines) is 1. The highest BCUT2D eigenvalue weighted by Gasteiger charge is 2.30. The van der Waals surface area contributed by atoms with Crippen LogP contribution in [0.1, 0.15) is 38.5 Å². The minimum atomic E-state index is -0.757. The van der Waals surface area contributed by atoms with Crippen LogP contribution in [-0.2, 0) is 4.79 Å². The van der Waals surface area contributed by atoms with Crippen LogP contribution in [0.15, 0.2) is 18.3 Å². The van der Waals surface area contributed by atoms with Crippen molar-refractivity contribution in [3.8, 4) is 5.88 Å². The topological polar surface area (TPSA) is 91.8 Å². The predicted octanol–water partition coefficient (Wildman–Crippen LogP) is 2.42. The molecule has 0 bridgehead atoms. The number of piperidine rings is 1. The molecule has 1 aliphatic heterocycles. The van der Waals surface area contributed by atoms with Crippen LogP contribution in [0.4, 0.5) is 9.18 Å². The fraction of sp³-hybridized carbons (Fsp3) is 0.611. The van der Waals surface area contributed by atoms with Gasteiger partial charge in [0.25, 0.3) is 5.88 Å². The van der Waals surface area contributed by atoms with Crippen LogP contribution in [-0.4, -0.2) is 52.2 Å². The van der Waals surface area contributed by atoms with Gasteiger partial charge in [-0.15, -0.1) is 0 Å². The third-order valence-corrected chi connectivity index (χ3v) is 5.07. The predicted molar refractivity (Wildman–Crippen MR) is 91.3 cm³/mol. The molecule has 3 rings (SSSR count). The van der Waals surface area contributed by atoms with Gasteiger partial charge >= 0.3 is 12.0 Å². The molecule has 1 saturated carbocycles. The van der Waals surface area contributed by atoms with E-state index in [-0.39, 0.29) is 30.0 Å². The van der Waals surface area contributed by atoms with Crippen LogP contribution < -0.4 is 10.1 Å². The van der Waals surface area contributed by atoms with Crippen molar-refractivity contribution in [2.24, 2.45) is 5.92 Å². The van der Waals surface area contributed by atoms with E-state index in [4.69, 9.17) is 9.84 Å². The standard InChI is InChI=1S/C18H24FN3O4/c19-15-4-1-9-20-16(15)26-14-3-2-10-22(11-14)18(25)21-13-7-5-12(6-8-13)17(23)24/h1,4,9,12-14H,2-3,5-8,10-11H2,(H,21,25)(H,23,24). The molecule has 0 spiro atoms. The summed E-state index contributed by atoms with van der Waals surface area (Å²) in [5, 5.41) is 12.0. The average molecular weight is 365 g/mol. The van der Waals surface area contributed by atoms with Gasteiger partial charge in [-0.05, 0) is 50.7 Å². The van der Waals surface area contributed by atoms with Gasteiger partial charge < -0.3 is 20.1 Å². The summed E-state index contributed by atoms with van der Waals surface area (Å²) in [5.41, 5.74) is 0. The van der Waals surface area contributed by atoms with Gasteiger partial charge in [0.05, 0.1) is 12.5 Å². The van der Waals surface area contributed by atoms with Crippen LogP contribution in [0.5, 0.6) is 5.88 Å². The van der Waals surface area contributed by atoms with Crippen LogP contribution in [0.3, 0.4) is 0 Å². The molecule has 8 heteroatoms. The van der Waals surface area contributed by atoms with Crippen LogP contribution in [0.2, 0.25) is 0 Å². The maximum atomic E-state index is 13.7. The molecule has 2 aliphatic rings. The van der Waals surface area contributed by atoms with Crippen molar-refractivity contribution >= 4 is 12.0 Å². The number of nitrogens with one attached hydrogen (secondary N) is 1. The number of hydrogen-bond acceptors (Lipinski definition) is 4. The first kappa shape index (κ1) is 18.4. The first-order chi connectivity index (χ1) is 12.5. The zero-order valence-corrected chi connectivity index (χ0v) is 14.6. The molecule has 2 heterocycles. The number of halogens is 1. The lowest BCUT2D eigenvalue weighted by atomic mass is 9.86. The molecule has 26 heavy (non-hydrogen) atoms. The summed E-state index contributed by atoms with van der Waals surface area (Å²) in [6.07, 6.45) is 5.23. The summed E-state index contributed by atoms with van der Waals surface area (Å²) >= 11 is 0. The van der Waals surface area contributed by atoms with Crippen molar-refractivity contribution in [3.05, 3.63) is 24.1 Å². The van der Waals surface area contributed by atoms with Crippen LogP contribution >= 0.6 is 0 Å². The maximum absolute atomic E-state index is 13.7. The van der Waals surface area contributed by atoms with Crippen LogP contribution in [0.25, 0.3) is 0 Å².